The van der Waals surface area contributed by atoms with E-state index in [0.717, 1.165) is 25.7 Å². The Bertz CT molecular complexity index is 408. The van der Waals surface area contributed by atoms with Crippen LogP contribution in [0.4, 0.5) is 0 Å². The van der Waals surface area contributed by atoms with Crippen LogP contribution in [0.3, 0.4) is 0 Å². The zero-order valence-electron chi connectivity index (χ0n) is 14.1. The quantitative estimate of drug-likeness (QED) is 0.847. The lowest BCUT2D eigenvalue weighted by Crippen LogP contribution is -2.72. The summed E-state index contributed by atoms with van der Waals surface area (Å²) in [6.45, 7) is 10.4. The SMILES string of the molecule is CCC1(N2C(=O)C(CC(C)C)NC(=O)C2C(C)C)CCC1. The first-order valence-electron chi connectivity index (χ1n) is 8.46. The van der Waals surface area contributed by atoms with Gasteiger partial charge in [0.15, 0.2) is 0 Å². The fourth-order valence-corrected chi connectivity index (χ4v) is 3.85. The summed E-state index contributed by atoms with van der Waals surface area (Å²) < 4.78 is 0. The van der Waals surface area contributed by atoms with E-state index in [2.05, 4.69) is 26.1 Å². The van der Waals surface area contributed by atoms with Crippen LogP contribution < -0.4 is 5.32 Å². The van der Waals surface area contributed by atoms with Crippen molar-refractivity contribution in [1.29, 1.82) is 0 Å². The Hall–Kier alpha value is -1.06. The minimum absolute atomic E-state index is 0.0370. The average Bonchev–Trinajstić information content (AvgIpc) is 2.32. The predicted octanol–water partition coefficient (Wildman–Crippen LogP) is 2.72. The minimum atomic E-state index is -0.337. The van der Waals surface area contributed by atoms with Gasteiger partial charge >= 0.3 is 0 Å². The topological polar surface area (TPSA) is 49.4 Å². The Morgan fingerprint density at radius 1 is 1.24 bits per heavy atom. The van der Waals surface area contributed by atoms with Crippen LogP contribution in [0.25, 0.3) is 0 Å². The average molecular weight is 294 g/mol. The van der Waals surface area contributed by atoms with E-state index in [-0.39, 0.29) is 35.4 Å². The molecule has 2 atom stereocenters. The van der Waals surface area contributed by atoms with Crippen molar-refractivity contribution in [3.05, 3.63) is 0 Å². The molecule has 0 radical (unpaired) electrons. The number of hydrogen-bond donors (Lipinski definition) is 1. The van der Waals surface area contributed by atoms with Crippen molar-refractivity contribution in [1.82, 2.24) is 10.2 Å². The molecule has 1 aliphatic carbocycles. The summed E-state index contributed by atoms with van der Waals surface area (Å²) in [7, 11) is 0. The van der Waals surface area contributed by atoms with Crippen LogP contribution in [0.2, 0.25) is 0 Å². The van der Waals surface area contributed by atoms with Crippen LogP contribution in [-0.2, 0) is 9.59 Å². The Balaban J connectivity index is 2.33. The number of nitrogens with one attached hydrogen (secondary N) is 1. The zero-order valence-corrected chi connectivity index (χ0v) is 14.1. The lowest BCUT2D eigenvalue weighted by molar-refractivity contribution is -0.165. The van der Waals surface area contributed by atoms with Crippen LogP contribution in [0, 0.1) is 11.8 Å². The zero-order chi connectivity index (χ0) is 15.8. The van der Waals surface area contributed by atoms with Gasteiger partial charge in [0.25, 0.3) is 0 Å². The number of carbonyl (C=O) groups excluding carboxylic acids is 2. The maximum absolute atomic E-state index is 13.0. The molecular formula is C17H30N2O2. The molecule has 0 bridgehead atoms. The molecule has 21 heavy (non-hydrogen) atoms. The molecule has 2 rings (SSSR count). The summed E-state index contributed by atoms with van der Waals surface area (Å²) in [5.74, 6) is 0.729. The lowest BCUT2D eigenvalue weighted by atomic mass is 9.71. The van der Waals surface area contributed by atoms with E-state index in [1.54, 1.807) is 0 Å². The van der Waals surface area contributed by atoms with E-state index < -0.39 is 0 Å². The summed E-state index contributed by atoms with van der Waals surface area (Å²) in [4.78, 5) is 27.6. The van der Waals surface area contributed by atoms with Gasteiger partial charge in [0.1, 0.15) is 12.1 Å². The highest BCUT2D eigenvalue weighted by Crippen LogP contribution is 2.44. The Morgan fingerprint density at radius 2 is 1.86 bits per heavy atom. The van der Waals surface area contributed by atoms with Crippen molar-refractivity contribution in [3.63, 3.8) is 0 Å². The number of nitrogens with zero attached hydrogens (tertiary/aromatic N) is 1. The highest BCUT2D eigenvalue weighted by molar-refractivity contribution is 5.97. The molecule has 2 fully saturated rings. The van der Waals surface area contributed by atoms with Crippen LogP contribution in [0.5, 0.6) is 0 Å². The van der Waals surface area contributed by atoms with Gasteiger partial charge in [-0.2, -0.15) is 0 Å². The number of rotatable bonds is 5. The molecule has 1 saturated carbocycles. The molecule has 1 saturated heterocycles. The fourth-order valence-electron chi connectivity index (χ4n) is 3.85. The molecule has 1 N–H and O–H groups in total. The van der Waals surface area contributed by atoms with Crippen LogP contribution in [0.15, 0.2) is 0 Å². The van der Waals surface area contributed by atoms with Crippen LogP contribution >= 0.6 is 0 Å². The van der Waals surface area contributed by atoms with E-state index in [0.29, 0.717) is 5.92 Å². The van der Waals surface area contributed by atoms with Crippen molar-refractivity contribution in [2.24, 2.45) is 11.8 Å². The van der Waals surface area contributed by atoms with Crippen molar-refractivity contribution < 1.29 is 9.59 Å². The molecule has 120 valence electrons. The summed E-state index contributed by atoms with van der Waals surface area (Å²) in [6.07, 6.45) is 4.93. The van der Waals surface area contributed by atoms with Gasteiger partial charge in [-0.1, -0.05) is 34.6 Å². The van der Waals surface area contributed by atoms with E-state index in [1.807, 2.05) is 18.7 Å². The van der Waals surface area contributed by atoms with Gasteiger partial charge in [-0.05, 0) is 43.9 Å². The van der Waals surface area contributed by atoms with Crippen LogP contribution in [-0.4, -0.2) is 34.3 Å². The Morgan fingerprint density at radius 3 is 2.24 bits per heavy atom. The first-order valence-corrected chi connectivity index (χ1v) is 8.46. The normalized spacial score (nSPS) is 28.8. The minimum Gasteiger partial charge on any atom is -0.342 e. The van der Waals surface area contributed by atoms with Gasteiger partial charge < -0.3 is 10.2 Å². The predicted molar refractivity (Wildman–Crippen MR) is 83.7 cm³/mol. The third-order valence-corrected chi connectivity index (χ3v) is 5.19. The maximum Gasteiger partial charge on any atom is 0.246 e. The first kappa shape index (κ1) is 16.3. The third kappa shape index (κ3) is 2.82. The van der Waals surface area contributed by atoms with Crippen molar-refractivity contribution in [2.75, 3.05) is 0 Å². The number of amides is 2. The van der Waals surface area contributed by atoms with Crippen LogP contribution in [0.1, 0.15) is 66.7 Å². The summed E-state index contributed by atoms with van der Waals surface area (Å²) >= 11 is 0. The van der Waals surface area contributed by atoms with E-state index in [4.69, 9.17) is 0 Å². The van der Waals surface area contributed by atoms with Crippen molar-refractivity contribution in [3.8, 4) is 0 Å². The molecular weight excluding hydrogens is 264 g/mol. The summed E-state index contributed by atoms with van der Waals surface area (Å²) in [6, 6.07) is -0.641. The summed E-state index contributed by atoms with van der Waals surface area (Å²) in [5, 5.41) is 2.97. The van der Waals surface area contributed by atoms with E-state index in [9.17, 15) is 9.59 Å². The molecule has 4 nitrogen and oxygen atoms in total. The van der Waals surface area contributed by atoms with Crippen molar-refractivity contribution in [2.45, 2.75) is 84.3 Å². The molecule has 0 spiro atoms. The monoisotopic (exact) mass is 294 g/mol. The molecule has 2 amide bonds. The Kier molecular flexibility index (Phi) is 4.64. The van der Waals surface area contributed by atoms with Crippen molar-refractivity contribution >= 4 is 11.8 Å². The molecule has 1 aliphatic heterocycles. The standard InChI is InChI=1S/C17H30N2O2/c1-6-17(8-7-9-17)19-14(12(4)5)15(20)18-13(16(19)21)10-11(2)3/h11-14H,6-10H2,1-5H3,(H,18,20). The highest BCUT2D eigenvalue weighted by Gasteiger charge is 2.53. The van der Waals surface area contributed by atoms with E-state index >= 15 is 0 Å². The number of carbonyl (C=O) groups is 2. The van der Waals surface area contributed by atoms with Gasteiger partial charge in [0.05, 0.1) is 0 Å². The second-order valence-electron chi connectivity index (χ2n) is 7.52. The van der Waals surface area contributed by atoms with Gasteiger partial charge in [-0.15, -0.1) is 0 Å². The maximum atomic E-state index is 13.0. The first-order chi connectivity index (χ1) is 9.82. The highest BCUT2D eigenvalue weighted by atomic mass is 16.2. The molecule has 0 aromatic rings. The molecule has 0 aromatic carbocycles. The molecule has 0 aromatic heterocycles. The number of piperazine rings is 1. The third-order valence-electron chi connectivity index (χ3n) is 5.19. The molecule has 2 aliphatic rings. The second kappa shape index (κ2) is 5.98. The van der Waals surface area contributed by atoms with Gasteiger partial charge in [-0.25, -0.2) is 0 Å². The number of hydrogen-bond acceptors (Lipinski definition) is 2. The largest absolute Gasteiger partial charge is 0.342 e. The second-order valence-corrected chi connectivity index (χ2v) is 7.52. The molecule has 2 unspecified atom stereocenters. The summed E-state index contributed by atoms with van der Waals surface area (Å²) in [5.41, 5.74) is -0.0704. The van der Waals surface area contributed by atoms with Gasteiger partial charge in [0.2, 0.25) is 11.8 Å². The lowest BCUT2D eigenvalue weighted by Gasteiger charge is -2.56. The fraction of sp³-hybridized carbons (Fsp3) is 0.882. The van der Waals surface area contributed by atoms with E-state index in [1.165, 1.54) is 6.42 Å². The smallest absolute Gasteiger partial charge is 0.246 e. The molecule has 1 heterocycles. The Labute approximate surface area is 128 Å². The molecule has 4 heteroatoms. The van der Waals surface area contributed by atoms with Gasteiger partial charge in [-0.3, -0.25) is 9.59 Å². The van der Waals surface area contributed by atoms with Gasteiger partial charge in [0, 0.05) is 5.54 Å².